The molecule has 0 saturated carbocycles. The third kappa shape index (κ3) is 2.24. The minimum absolute atomic E-state index is 0.326. The number of rotatable bonds is 4. The summed E-state index contributed by atoms with van der Waals surface area (Å²) < 4.78 is 4.83. The lowest BCUT2D eigenvalue weighted by Gasteiger charge is -1.94. The zero-order valence-corrected chi connectivity index (χ0v) is 6.40. The third-order valence-corrected chi connectivity index (χ3v) is 1.17. The van der Waals surface area contributed by atoms with Crippen LogP contribution in [0.25, 0.3) is 0 Å². The first-order valence-corrected chi connectivity index (χ1v) is 3.32. The van der Waals surface area contributed by atoms with E-state index in [9.17, 15) is 0 Å². The highest BCUT2D eigenvalue weighted by Crippen LogP contribution is 1.83. The second-order valence-electron chi connectivity index (χ2n) is 2.00. The molecule has 62 valence electrons. The summed E-state index contributed by atoms with van der Waals surface area (Å²) in [6.07, 6.45) is 0. The number of nitrogens with zero attached hydrogens (tertiary/aromatic N) is 4. The Kier molecular flexibility index (Phi) is 2.94. The van der Waals surface area contributed by atoms with Gasteiger partial charge in [0, 0.05) is 7.11 Å². The normalized spacial score (nSPS) is 10.4. The van der Waals surface area contributed by atoms with Crippen LogP contribution in [-0.2, 0) is 17.8 Å². The van der Waals surface area contributed by atoms with Gasteiger partial charge in [-0.05, 0) is 5.21 Å². The van der Waals surface area contributed by atoms with Gasteiger partial charge in [0.05, 0.1) is 19.7 Å². The summed E-state index contributed by atoms with van der Waals surface area (Å²) in [5.74, 6) is 0.557. The van der Waals surface area contributed by atoms with E-state index in [0.717, 1.165) is 0 Å². The number of tetrazole rings is 1. The van der Waals surface area contributed by atoms with E-state index >= 15 is 0 Å². The summed E-state index contributed by atoms with van der Waals surface area (Å²) in [6, 6.07) is 0. The first-order valence-electron chi connectivity index (χ1n) is 3.32. The first kappa shape index (κ1) is 8.09. The highest BCUT2D eigenvalue weighted by Gasteiger charge is 1.98. The summed E-state index contributed by atoms with van der Waals surface area (Å²) >= 11 is 0. The van der Waals surface area contributed by atoms with Crippen molar-refractivity contribution in [2.75, 3.05) is 13.7 Å². The van der Waals surface area contributed by atoms with E-state index in [4.69, 9.17) is 10.5 Å². The van der Waals surface area contributed by atoms with Gasteiger partial charge in [-0.3, -0.25) is 0 Å². The molecule has 6 heteroatoms. The summed E-state index contributed by atoms with van der Waals surface area (Å²) in [5.41, 5.74) is 5.28. The van der Waals surface area contributed by atoms with Crippen LogP contribution in [0.5, 0.6) is 0 Å². The van der Waals surface area contributed by atoms with Crippen LogP contribution in [0, 0.1) is 0 Å². The average molecular weight is 157 g/mol. The molecule has 0 bridgehead atoms. The number of methoxy groups -OCH3 is 1. The summed E-state index contributed by atoms with van der Waals surface area (Å²) in [6.45, 7) is 1.52. The molecule has 6 nitrogen and oxygen atoms in total. The summed E-state index contributed by atoms with van der Waals surface area (Å²) in [4.78, 5) is 1.46. The molecule has 0 atom stereocenters. The van der Waals surface area contributed by atoms with Crippen LogP contribution < -0.4 is 5.73 Å². The van der Waals surface area contributed by atoms with Crippen LogP contribution in [0.2, 0.25) is 0 Å². The monoisotopic (exact) mass is 157 g/mol. The van der Waals surface area contributed by atoms with E-state index < -0.39 is 0 Å². The minimum atomic E-state index is 0.326. The molecule has 0 unspecified atom stereocenters. The largest absolute Gasteiger partial charge is 0.383 e. The fourth-order valence-corrected chi connectivity index (χ4v) is 0.626. The molecule has 0 amide bonds. The van der Waals surface area contributed by atoms with Gasteiger partial charge in [0.1, 0.15) is 0 Å². The maximum Gasteiger partial charge on any atom is 0.188 e. The highest BCUT2D eigenvalue weighted by atomic mass is 16.5. The van der Waals surface area contributed by atoms with Crippen molar-refractivity contribution in [3.8, 4) is 0 Å². The second kappa shape index (κ2) is 3.99. The van der Waals surface area contributed by atoms with Crippen LogP contribution in [0.1, 0.15) is 5.82 Å². The molecule has 0 fully saturated rings. The standard InChI is InChI=1S/C5H11N5O/c1-11-3-2-10-8-5(4-6)7-9-10/h2-4,6H2,1H3. The molecule has 0 aliphatic heterocycles. The zero-order valence-electron chi connectivity index (χ0n) is 6.40. The van der Waals surface area contributed by atoms with E-state index in [1.54, 1.807) is 7.11 Å². The maximum absolute atomic E-state index is 5.28. The lowest BCUT2D eigenvalue weighted by Crippen LogP contribution is -2.08. The van der Waals surface area contributed by atoms with Crippen molar-refractivity contribution in [2.45, 2.75) is 13.1 Å². The molecule has 1 heterocycles. The van der Waals surface area contributed by atoms with E-state index in [2.05, 4.69) is 15.4 Å². The maximum atomic E-state index is 5.28. The molecule has 1 aromatic rings. The van der Waals surface area contributed by atoms with Crippen LogP contribution in [-0.4, -0.2) is 33.9 Å². The van der Waals surface area contributed by atoms with Crippen LogP contribution >= 0.6 is 0 Å². The van der Waals surface area contributed by atoms with Crippen LogP contribution in [0.15, 0.2) is 0 Å². The highest BCUT2D eigenvalue weighted by molar-refractivity contribution is 4.72. The Morgan fingerprint density at radius 3 is 3.00 bits per heavy atom. The van der Waals surface area contributed by atoms with Gasteiger partial charge in [0.25, 0.3) is 0 Å². The fraction of sp³-hybridized carbons (Fsp3) is 0.800. The molecule has 11 heavy (non-hydrogen) atoms. The Morgan fingerprint density at radius 2 is 2.45 bits per heavy atom. The number of aromatic nitrogens is 4. The van der Waals surface area contributed by atoms with Crippen molar-refractivity contribution in [2.24, 2.45) is 5.73 Å². The first-order chi connectivity index (χ1) is 5.36. The van der Waals surface area contributed by atoms with Crippen molar-refractivity contribution >= 4 is 0 Å². The van der Waals surface area contributed by atoms with Gasteiger partial charge in [-0.2, -0.15) is 4.80 Å². The molecule has 2 N–H and O–H groups in total. The van der Waals surface area contributed by atoms with Crippen LogP contribution in [0.3, 0.4) is 0 Å². The lowest BCUT2D eigenvalue weighted by molar-refractivity contribution is 0.178. The molecule has 0 radical (unpaired) electrons. The van der Waals surface area contributed by atoms with E-state index in [1.165, 1.54) is 4.80 Å². The SMILES string of the molecule is COCCn1nnc(CN)n1. The fourth-order valence-electron chi connectivity index (χ4n) is 0.626. The molecular weight excluding hydrogens is 146 g/mol. The topological polar surface area (TPSA) is 78.8 Å². The third-order valence-electron chi connectivity index (χ3n) is 1.17. The van der Waals surface area contributed by atoms with E-state index in [1.807, 2.05) is 0 Å². The summed E-state index contributed by atoms with van der Waals surface area (Å²) in [5, 5.41) is 11.4. The molecule has 0 aromatic carbocycles. The van der Waals surface area contributed by atoms with Gasteiger partial charge in [0.15, 0.2) is 5.82 Å². The van der Waals surface area contributed by atoms with Gasteiger partial charge < -0.3 is 10.5 Å². The number of nitrogens with two attached hydrogens (primary N) is 1. The molecule has 1 aromatic heterocycles. The Labute approximate surface area is 64.3 Å². The molecule has 1 rings (SSSR count). The minimum Gasteiger partial charge on any atom is -0.383 e. The van der Waals surface area contributed by atoms with Gasteiger partial charge in [0.2, 0.25) is 0 Å². The molecule has 0 saturated heterocycles. The van der Waals surface area contributed by atoms with Crippen LogP contribution in [0.4, 0.5) is 0 Å². The zero-order chi connectivity index (χ0) is 8.10. The van der Waals surface area contributed by atoms with Crippen molar-refractivity contribution in [1.82, 2.24) is 20.2 Å². The Bertz CT molecular complexity index is 210. The average Bonchev–Trinajstić information content (AvgIpc) is 2.48. The predicted molar refractivity (Wildman–Crippen MR) is 37.6 cm³/mol. The smallest absolute Gasteiger partial charge is 0.188 e. The Hall–Kier alpha value is -1.01. The number of hydrogen-bond acceptors (Lipinski definition) is 5. The van der Waals surface area contributed by atoms with Gasteiger partial charge in [-0.25, -0.2) is 0 Å². The molecule has 0 aliphatic carbocycles. The van der Waals surface area contributed by atoms with Crippen molar-refractivity contribution in [1.29, 1.82) is 0 Å². The second-order valence-corrected chi connectivity index (χ2v) is 2.00. The summed E-state index contributed by atoms with van der Waals surface area (Å²) in [7, 11) is 1.63. The van der Waals surface area contributed by atoms with Gasteiger partial charge in [-0.1, -0.05) is 0 Å². The van der Waals surface area contributed by atoms with E-state index in [-0.39, 0.29) is 0 Å². The molecule has 0 aliphatic rings. The van der Waals surface area contributed by atoms with Gasteiger partial charge >= 0.3 is 0 Å². The number of ether oxygens (including phenoxy) is 1. The lowest BCUT2D eigenvalue weighted by atomic mass is 10.6. The van der Waals surface area contributed by atoms with Crippen molar-refractivity contribution in [3.63, 3.8) is 0 Å². The van der Waals surface area contributed by atoms with E-state index in [0.29, 0.717) is 25.5 Å². The van der Waals surface area contributed by atoms with Gasteiger partial charge in [-0.15, -0.1) is 10.2 Å². The van der Waals surface area contributed by atoms with Crippen molar-refractivity contribution in [3.05, 3.63) is 5.82 Å². The Morgan fingerprint density at radius 1 is 1.64 bits per heavy atom. The molecule has 0 spiro atoms. The Balaban J connectivity index is 2.44. The molecular formula is C5H11N5O. The van der Waals surface area contributed by atoms with Crippen molar-refractivity contribution < 1.29 is 4.74 Å². The quantitative estimate of drug-likeness (QED) is 0.592. The number of hydrogen-bond donors (Lipinski definition) is 1. The predicted octanol–water partition coefficient (Wildman–Crippen LogP) is -1.22.